The summed E-state index contributed by atoms with van der Waals surface area (Å²) in [7, 11) is 3.06. The van der Waals surface area contributed by atoms with Crippen LogP contribution in [0.3, 0.4) is 0 Å². The number of methoxy groups -OCH3 is 2. The van der Waals surface area contributed by atoms with Gasteiger partial charge in [0.25, 0.3) is 5.91 Å². The molecule has 7 heteroatoms. The lowest BCUT2D eigenvalue weighted by molar-refractivity contribution is 0.0994. The van der Waals surface area contributed by atoms with Crippen molar-refractivity contribution in [3.05, 3.63) is 48.0 Å². The summed E-state index contributed by atoms with van der Waals surface area (Å²) in [5, 5.41) is 18.2. The highest BCUT2D eigenvalue weighted by molar-refractivity contribution is 5.97. The molecule has 24 heavy (non-hydrogen) atoms. The number of rotatable bonds is 4. The molecule has 0 unspecified atom stereocenters. The normalized spacial score (nSPS) is 11.1. The van der Waals surface area contributed by atoms with Crippen LogP contribution in [0.5, 0.6) is 17.4 Å². The number of ether oxygens (including phenoxy) is 2. The quantitative estimate of drug-likeness (QED) is 0.713. The Morgan fingerprint density at radius 1 is 1.08 bits per heavy atom. The third-order valence-electron chi connectivity index (χ3n) is 3.52. The fourth-order valence-electron chi connectivity index (χ4n) is 2.28. The SMILES string of the molecule is COc1cccc(C(=O)N=Nc2c(O)[nH]c3ccc(OC)cc23)c1. The number of fused-ring (bicyclic) bond motifs is 1. The number of hydrogen-bond donors (Lipinski definition) is 2. The van der Waals surface area contributed by atoms with E-state index in [-0.39, 0.29) is 11.6 Å². The van der Waals surface area contributed by atoms with Crippen LogP contribution in [0, 0.1) is 0 Å². The first kappa shape index (κ1) is 15.5. The summed E-state index contributed by atoms with van der Waals surface area (Å²) in [5.74, 6) is 0.457. The van der Waals surface area contributed by atoms with Gasteiger partial charge in [-0.15, -0.1) is 10.2 Å². The molecule has 2 aromatic carbocycles. The van der Waals surface area contributed by atoms with Crippen LogP contribution in [0.4, 0.5) is 5.69 Å². The fraction of sp³-hybridized carbons (Fsp3) is 0.118. The Labute approximate surface area is 137 Å². The lowest BCUT2D eigenvalue weighted by Crippen LogP contribution is -1.94. The number of aromatic hydroxyl groups is 1. The minimum Gasteiger partial charge on any atom is -0.497 e. The first-order valence-corrected chi connectivity index (χ1v) is 7.11. The molecular weight excluding hydrogens is 310 g/mol. The summed E-state index contributed by atoms with van der Waals surface area (Å²) in [6, 6.07) is 11.8. The van der Waals surface area contributed by atoms with Crippen molar-refractivity contribution in [2.75, 3.05) is 14.2 Å². The van der Waals surface area contributed by atoms with E-state index in [9.17, 15) is 9.90 Å². The Bertz CT molecular complexity index is 931. The number of azo groups is 1. The van der Waals surface area contributed by atoms with Crippen molar-refractivity contribution in [1.29, 1.82) is 0 Å². The number of carbonyl (C=O) groups excluding carboxylic acids is 1. The van der Waals surface area contributed by atoms with Crippen molar-refractivity contribution in [3.8, 4) is 17.4 Å². The van der Waals surface area contributed by atoms with E-state index < -0.39 is 5.91 Å². The van der Waals surface area contributed by atoms with Crippen LogP contribution in [0.25, 0.3) is 10.9 Å². The standard InChI is InChI=1S/C17H15N3O4/c1-23-11-5-3-4-10(8-11)16(21)20-19-15-13-9-12(24-2)6-7-14(13)18-17(15)22/h3-9,18,22H,1-2H3. The van der Waals surface area contributed by atoms with Gasteiger partial charge < -0.3 is 19.6 Å². The lowest BCUT2D eigenvalue weighted by atomic mass is 10.2. The van der Waals surface area contributed by atoms with Crippen LogP contribution >= 0.6 is 0 Å². The predicted octanol–water partition coefficient (Wildman–Crippen LogP) is 3.81. The van der Waals surface area contributed by atoms with Gasteiger partial charge in [0.2, 0.25) is 5.88 Å². The molecular formula is C17H15N3O4. The van der Waals surface area contributed by atoms with Gasteiger partial charge in [-0.1, -0.05) is 6.07 Å². The van der Waals surface area contributed by atoms with E-state index in [0.29, 0.717) is 28.0 Å². The van der Waals surface area contributed by atoms with Crippen LogP contribution in [0.15, 0.2) is 52.7 Å². The highest BCUT2D eigenvalue weighted by Crippen LogP contribution is 2.37. The number of aromatic nitrogens is 1. The first-order valence-electron chi connectivity index (χ1n) is 7.11. The minimum atomic E-state index is -0.537. The Balaban J connectivity index is 1.94. The van der Waals surface area contributed by atoms with Gasteiger partial charge in [0, 0.05) is 10.9 Å². The second kappa shape index (κ2) is 6.41. The van der Waals surface area contributed by atoms with Gasteiger partial charge >= 0.3 is 0 Å². The van der Waals surface area contributed by atoms with Crippen LogP contribution in [-0.2, 0) is 0 Å². The molecule has 0 radical (unpaired) electrons. The van der Waals surface area contributed by atoms with Crippen molar-refractivity contribution in [2.24, 2.45) is 10.2 Å². The highest BCUT2D eigenvalue weighted by Gasteiger charge is 2.12. The average molecular weight is 325 g/mol. The molecule has 0 aliphatic carbocycles. The zero-order valence-electron chi connectivity index (χ0n) is 13.1. The van der Waals surface area contributed by atoms with E-state index in [0.717, 1.165) is 0 Å². The number of amides is 1. The smallest absolute Gasteiger partial charge is 0.295 e. The van der Waals surface area contributed by atoms with Crippen molar-refractivity contribution in [2.45, 2.75) is 0 Å². The topological polar surface area (TPSA) is 96.3 Å². The number of nitrogens with one attached hydrogen (secondary N) is 1. The molecule has 0 saturated carbocycles. The third-order valence-corrected chi connectivity index (χ3v) is 3.52. The average Bonchev–Trinajstić information content (AvgIpc) is 2.93. The number of nitrogens with zero attached hydrogens (tertiary/aromatic N) is 2. The molecule has 3 rings (SSSR count). The molecule has 0 atom stereocenters. The maximum atomic E-state index is 12.1. The zero-order chi connectivity index (χ0) is 17.1. The van der Waals surface area contributed by atoms with Gasteiger partial charge in [0.15, 0.2) is 5.69 Å². The Morgan fingerprint density at radius 2 is 1.83 bits per heavy atom. The van der Waals surface area contributed by atoms with E-state index >= 15 is 0 Å². The van der Waals surface area contributed by atoms with Crippen LogP contribution in [-0.4, -0.2) is 30.2 Å². The molecule has 0 bridgehead atoms. The van der Waals surface area contributed by atoms with E-state index in [2.05, 4.69) is 15.2 Å². The molecule has 0 fully saturated rings. The molecule has 122 valence electrons. The van der Waals surface area contributed by atoms with Crippen molar-refractivity contribution >= 4 is 22.5 Å². The maximum absolute atomic E-state index is 12.1. The summed E-state index contributed by atoms with van der Waals surface area (Å²) in [6.07, 6.45) is 0. The fourth-order valence-corrected chi connectivity index (χ4v) is 2.28. The Hall–Kier alpha value is -3.35. The molecule has 0 spiro atoms. The predicted molar refractivity (Wildman–Crippen MR) is 88.4 cm³/mol. The number of H-pyrrole nitrogens is 1. The van der Waals surface area contributed by atoms with Gasteiger partial charge in [0.1, 0.15) is 11.5 Å². The summed E-state index contributed by atoms with van der Waals surface area (Å²) in [5.41, 5.74) is 1.19. The molecule has 2 N–H and O–H groups in total. The number of carbonyl (C=O) groups is 1. The van der Waals surface area contributed by atoms with Gasteiger partial charge in [0.05, 0.1) is 19.7 Å². The number of aromatic amines is 1. The zero-order valence-corrected chi connectivity index (χ0v) is 13.1. The molecule has 3 aromatic rings. The Kier molecular flexibility index (Phi) is 4.15. The molecule has 7 nitrogen and oxygen atoms in total. The molecule has 1 heterocycles. The summed E-state index contributed by atoms with van der Waals surface area (Å²) >= 11 is 0. The third kappa shape index (κ3) is 2.91. The van der Waals surface area contributed by atoms with Gasteiger partial charge in [-0.25, -0.2) is 0 Å². The van der Waals surface area contributed by atoms with Gasteiger partial charge in [-0.3, -0.25) is 4.79 Å². The second-order valence-electron chi connectivity index (χ2n) is 4.97. The highest BCUT2D eigenvalue weighted by atomic mass is 16.5. The van der Waals surface area contributed by atoms with E-state index in [1.54, 1.807) is 49.6 Å². The van der Waals surface area contributed by atoms with E-state index in [4.69, 9.17) is 9.47 Å². The number of benzene rings is 2. The van der Waals surface area contributed by atoms with E-state index in [1.807, 2.05) is 0 Å². The van der Waals surface area contributed by atoms with Crippen LogP contribution in [0.1, 0.15) is 10.4 Å². The lowest BCUT2D eigenvalue weighted by Gasteiger charge is -2.00. The number of hydrogen-bond acceptors (Lipinski definition) is 5. The molecule has 0 aliphatic heterocycles. The van der Waals surface area contributed by atoms with Crippen LogP contribution in [0.2, 0.25) is 0 Å². The van der Waals surface area contributed by atoms with E-state index in [1.165, 1.54) is 7.11 Å². The summed E-state index contributed by atoms with van der Waals surface area (Å²) in [6.45, 7) is 0. The maximum Gasteiger partial charge on any atom is 0.295 e. The van der Waals surface area contributed by atoms with Gasteiger partial charge in [-0.2, -0.15) is 0 Å². The van der Waals surface area contributed by atoms with Gasteiger partial charge in [-0.05, 0) is 36.4 Å². The van der Waals surface area contributed by atoms with Crippen LogP contribution < -0.4 is 9.47 Å². The summed E-state index contributed by atoms with van der Waals surface area (Å²) in [4.78, 5) is 14.9. The van der Waals surface area contributed by atoms with Crippen molar-refractivity contribution < 1.29 is 19.4 Å². The molecule has 1 aromatic heterocycles. The monoisotopic (exact) mass is 325 g/mol. The first-order chi connectivity index (χ1) is 11.6. The molecule has 0 saturated heterocycles. The second-order valence-corrected chi connectivity index (χ2v) is 4.97. The molecule has 0 aliphatic rings. The largest absolute Gasteiger partial charge is 0.497 e. The molecule has 1 amide bonds. The van der Waals surface area contributed by atoms with Crippen molar-refractivity contribution in [3.63, 3.8) is 0 Å². The summed E-state index contributed by atoms with van der Waals surface area (Å²) < 4.78 is 10.2. The van der Waals surface area contributed by atoms with Crippen molar-refractivity contribution in [1.82, 2.24) is 4.98 Å². The minimum absolute atomic E-state index is 0.166. The Morgan fingerprint density at radius 3 is 2.58 bits per heavy atom.